The Labute approximate surface area is 100 Å². The van der Waals surface area contributed by atoms with Crippen LogP contribution in [-0.2, 0) is 6.54 Å². The number of aryl methyl sites for hydroxylation is 1. The number of hydrogen-bond donors (Lipinski definition) is 1. The third-order valence-corrected chi connectivity index (χ3v) is 3.35. The van der Waals surface area contributed by atoms with Gasteiger partial charge in [0.1, 0.15) is 0 Å². The molecule has 3 nitrogen and oxygen atoms in total. The van der Waals surface area contributed by atoms with E-state index in [1.807, 2.05) is 12.4 Å². The van der Waals surface area contributed by atoms with Gasteiger partial charge in [0.05, 0.1) is 6.54 Å². The summed E-state index contributed by atoms with van der Waals surface area (Å²) >= 11 is 1.75. The molecule has 0 amide bonds. The molecule has 4 heteroatoms. The molecule has 0 spiro atoms. The van der Waals surface area contributed by atoms with Gasteiger partial charge >= 0.3 is 0 Å². The van der Waals surface area contributed by atoms with Gasteiger partial charge in [-0.15, -0.1) is 0 Å². The van der Waals surface area contributed by atoms with Gasteiger partial charge in [-0.3, -0.25) is 0 Å². The van der Waals surface area contributed by atoms with Crippen molar-refractivity contribution in [3.05, 3.63) is 34.3 Å². The molecule has 1 N–H and O–H groups in total. The standard InChI is InChI=1S/C12H17N3S/c1-9(2)14-12-13-4-5-15(12)6-11-8-16-7-10(11)3/h4-5,7-9H,6H2,1-3H3,(H,13,14). The number of anilines is 1. The van der Waals surface area contributed by atoms with Crippen LogP contribution in [0.15, 0.2) is 23.2 Å². The number of nitrogens with one attached hydrogen (secondary N) is 1. The first-order valence-corrected chi connectivity index (χ1v) is 6.40. The highest BCUT2D eigenvalue weighted by atomic mass is 32.1. The van der Waals surface area contributed by atoms with Gasteiger partial charge in [-0.2, -0.15) is 11.3 Å². The summed E-state index contributed by atoms with van der Waals surface area (Å²) in [6, 6.07) is 0.407. The Balaban J connectivity index is 2.16. The summed E-state index contributed by atoms with van der Waals surface area (Å²) < 4.78 is 2.15. The Morgan fingerprint density at radius 2 is 2.25 bits per heavy atom. The van der Waals surface area contributed by atoms with Crippen LogP contribution < -0.4 is 5.32 Å². The smallest absolute Gasteiger partial charge is 0.203 e. The Bertz CT molecular complexity index is 456. The molecule has 2 rings (SSSR count). The maximum absolute atomic E-state index is 4.32. The van der Waals surface area contributed by atoms with Gasteiger partial charge in [-0.05, 0) is 42.7 Å². The molecule has 0 aliphatic carbocycles. The fourth-order valence-electron chi connectivity index (χ4n) is 1.57. The summed E-state index contributed by atoms with van der Waals surface area (Å²) in [5.74, 6) is 0.945. The van der Waals surface area contributed by atoms with Crippen LogP contribution in [0.3, 0.4) is 0 Å². The average molecular weight is 235 g/mol. The molecule has 2 aromatic rings. The van der Waals surface area contributed by atoms with Gasteiger partial charge < -0.3 is 9.88 Å². The van der Waals surface area contributed by atoms with Crippen molar-refractivity contribution in [3.63, 3.8) is 0 Å². The van der Waals surface area contributed by atoms with Crippen LogP contribution in [0.1, 0.15) is 25.0 Å². The molecule has 86 valence electrons. The van der Waals surface area contributed by atoms with E-state index in [4.69, 9.17) is 0 Å². The van der Waals surface area contributed by atoms with Gasteiger partial charge in [0, 0.05) is 18.4 Å². The third kappa shape index (κ3) is 2.44. The van der Waals surface area contributed by atoms with Gasteiger partial charge in [0.2, 0.25) is 5.95 Å². The molecule has 0 fully saturated rings. The highest BCUT2D eigenvalue weighted by Crippen LogP contribution is 2.17. The Kier molecular flexibility index (Phi) is 3.29. The summed E-state index contributed by atoms with van der Waals surface area (Å²) in [7, 11) is 0. The third-order valence-electron chi connectivity index (χ3n) is 2.44. The molecule has 0 aromatic carbocycles. The molecule has 0 saturated carbocycles. The normalized spacial score (nSPS) is 11.0. The van der Waals surface area contributed by atoms with Crippen molar-refractivity contribution >= 4 is 17.3 Å². The number of nitrogens with zero attached hydrogens (tertiary/aromatic N) is 2. The van der Waals surface area contributed by atoms with Crippen LogP contribution in [0, 0.1) is 6.92 Å². The zero-order chi connectivity index (χ0) is 11.5. The van der Waals surface area contributed by atoms with Crippen LogP contribution in [0.5, 0.6) is 0 Å². The van der Waals surface area contributed by atoms with E-state index in [9.17, 15) is 0 Å². The van der Waals surface area contributed by atoms with Crippen LogP contribution in [-0.4, -0.2) is 15.6 Å². The fourth-order valence-corrected chi connectivity index (χ4v) is 2.42. The predicted octanol–water partition coefficient (Wildman–Crippen LogP) is 3.12. The van der Waals surface area contributed by atoms with E-state index in [2.05, 4.69) is 46.4 Å². The van der Waals surface area contributed by atoms with Gasteiger partial charge in [0.15, 0.2) is 0 Å². The topological polar surface area (TPSA) is 29.9 Å². The summed E-state index contributed by atoms with van der Waals surface area (Å²) in [6.07, 6.45) is 3.86. The highest BCUT2D eigenvalue weighted by molar-refractivity contribution is 7.08. The van der Waals surface area contributed by atoms with E-state index < -0.39 is 0 Å². The van der Waals surface area contributed by atoms with Crippen molar-refractivity contribution in [2.24, 2.45) is 0 Å². The molecule has 0 aliphatic heterocycles. The lowest BCUT2D eigenvalue weighted by atomic mass is 10.2. The average Bonchev–Trinajstić information content (AvgIpc) is 2.78. The van der Waals surface area contributed by atoms with E-state index in [0.717, 1.165) is 12.5 Å². The largest absolute Gasteiger partial charge is 0.353 e. The molecule has 0 unspecified atom stereocenters. The molecule has 0 saturated heterocycles. The van der Waals surface area contributed by atoms with Gasteiger partial charge in [0.25, 0.3) is 0 Å². The van der Waals surface area contributed by atoms with E-state index in [1.54, 1.807) is 11.3 Å². The molecule has 0 aliphatic rings. The summed E-state index contributed by atoms with van der Waals surface area (Å²) in [5, 5.41) is 7.73. The molecule has 0 radical (unpaired) electrons. The van der Waals surface area contributed by atoms with Crippen molar-refractivity contribution in [2.45, 2.75) is 33.4 Å². The number of aromatic nitrogens is 2. The Hall–Kier alpha value is -1.29. The number of rotatable bonds is 4. The Morgan fingerprint density at radius 3 is 2.88 bits per heavy atom. The minimum atomic E-state index is 0.407. The van der Waals surface area contributed by atoms with Crippen LogP contribution in [0.25, 0.3) is 0 Å². The maximum atomic E-state index is 4.32. The van der Waals surface area contributed by atoms with Gasteiger partial charge in [-0.25, -0.2) is 4.98 Å². The molecule has 2 heterocycles. The lowest BCUT2D eigenvalue weighted by Crippen LogP contribution is -2.15. The van der Waals surface area contributed by atoms with Crippen molar-refractivity contribution in [1.29, 1.82) is 0 Å². The molecule has 16 heavy (non-hydrogen) atoms. The van der Waals surface area contributed by atoms with Crippen LogP contribution in [0.4, 0.5) is 5.95 Å². The molecular weight excluding hydrogens is 218 g/mol. The fraction of sp³-hybridized carbons (Fsp3) is 0.417. The van der Waals surface area contributed by atoms with E-state index >= 15 is 0 Å². The Morgan fingerprint density at radius 1 is 1.44 bits per heavy atom. The van der Waals surface area contributed by atoms with Crippen molar-refractivity contribution < 1.29 is 0 Å². The first-order valence-electron chi connectivity index (χ1n) is 5.46. The number of imidazole rings is 1. The van der Waals surface area contributed by atoms with E-state index in [-0.39, 0.29) is 0 Å². The summed E-state index contributed by atoms with van der Waals surface area (Å²) in [4.78, 5) is 4.32. The lowest BCUT2D eigenvalue weighted by molar-refractivity contribution is 0.773. The van der Waals surface area contributed by atoms with Crippen LogP contribution >= 0.6 is 11.3 Å². The summed E-state index contributed by atoms with van der Waals surface area (Å²) in [5.41, 5.74) is 2.73. The van der Waals surface area contributed by atoms with Gasteiger partial charge in [-0.1, -0.05) is 0 Å². The molecule has 0 bridgehead atoms. The SMILES string of the molecule is Cc1cscc1Cn1ccnc1NC(C)C. The van der Waals surface area contributed by atoms with Crippen LogP contribution in [0.2, 0.25) is 0 Å². The minimum absolute atomic E-state index is 0.407. The van der Waals surface area contributed by atoms with Crippen molar-refractivity contribution in [2.75, 3.05) is 5.32 Å². The maximum Gasteiger partial charge on any atom is 0.203 e. The zero-order valence-electron chi connectivity index (χ0n) is 9.90. The second-order valence-corrected chi connectivity index (χ2v) is 5.00. The minimum Gasteiger partial charge on any atom is -0.353 e. The second kappa shape index (κ2) is 4.70. The molecular formula is C12H17N3S. The molecule has 2 aromatic heterocycles. The summed E-state index contributed by atoms with van der Waals surface area (Å²) in [6.45, 7) is 7.28. The van der Waals surface area contributed by atoms with E-state index in [1.165, 1.54) is 11.1 Å². The number of hydrogen-bond acceptors (Lipinski definition) is 3. The predicted molar refractivity (Wildman–Crippen MR) is 69.1 cm³/mol. The first kappa shape index (κ1) is 11.2. The quantitative estimate of drug-likeness (QED) is 0.882. The van der Waals surface area contributed by atoms with Crippen molar-refractivity contribution in [1.82, 2.24) is 9.55 Å². The monoisotopic (exact) mass is 235 g/mol. The molecule has 0 atom stereocenters. The highest BCUT2D eigenvalue weighted by Gasteiger charge is 2.06. The number of thiophene rings is 1. The van der Waals surface area contributed by atoms with Crippen molar-refractivity contribution in [3.8, 4) is 0 Å². The van der Waals surface area contributed by atoms with E-state index in [0.29, 0.717) is 6.04 Å². The lowest BCUT2D eigenvalue weighted by Gasteiger charge is -2.12. The second-order valence-electron chi connectivity index (χ2n) is 4.26. The zero-order valence-corrected chi connectivity index (χ0v) is 10.7. The first-order chi connectivity index (χ1) is 7.66.